The molecule has 1 aromatic rings. The van der Waals surface area contributed by atoms with Crippen molar-refractivity contribution in [2.75, 3.05) is 13.1 Å². The molecule has 1 unspecified atom stereocenters. The van der Waals surface area contributed by atoms with Gasteiger partial charge in [-0.2, -0.15) is 0 Å². The molecule has 0 fully saturated rings. The average molecular weight is 272 g/mol. The predicted octanol–water partition coefficient (Wildman–Crippen LogP) is 2.68. The zero-order chi connectivity index (χ0) is 14.5. The maximum absolute atomic E-state index is 12.3. The van der Waals surface area contributed by atoms with Crippen molar-refractivity contribution in [3.05, 3.63) is 42.0 Å². The number of nitrogens with zero attached hydrogens (tertiary/aromatic N) is 1. The first-order chi connectivity index (χ1) is 9.63. The maximum atomic E-state index is 12.3. The third kappa shape index (κ3) is 3.28. The van der Waals surface area contributed by atoms with E-state index >= 15 is 0 Å². The first-order valence-electron chi connectivity index (χ1n) is 7.42. The third-order valence-electron chi connectivity index (χ3n) is 4.21. The smallest absolute Gasteiger partial charge is 0.240 e. The standard InChI is InChI=1S/C17H24N2O/c1-3-13(2)16(18)17(20)19-11-9-15(10-12-19)14-7-5-4-6-8-14/h4-9,13,16H,3,10-12,18H2,1-2H3/t13?,16-/m0/s1. The first kappa shape index (κ1) is 14.8. The fraction of sp³-hybridized carbons (Fsp3) is 0.471. The number of amides is 1. The molecule has 0 aromatic heterocycles. The summed E-state index contributed by atoms with van der Waals surface area (Å²) in [7, 11) is 0. The summed E-state index contributed by atoms with van der Waals surface area (Å²) in [6, 6.07) is 9.99. The topological polar surface area (TPSA) is 46.3 Å². The van der Waals surface area contributed by atoms with Crippen molar-refractivity contribution in [1.29, 1.82) is 0 Å². The molecule has 2 N–H and O–H groups in total. The largest absolute Gasteiger partial charge is 0.337 e. The SMILES string of the molecule is CCC(C)[C@H](N)C(=O)N1CC=C(c2ccccc2)CC1. The van der Waals surface area contributed by atoms with E-state index in [0.29, 0.717) is 6.54 Å². The second-order valence-corrected chi connectivity index (χ2v) is 5.54. The number of rotatable bonds is 4. The molecule has 1 heterocycles. The van der Waals surface area contributed by atoms with Gasteiger partial charge in [0.25, 0.3) is 0 Å². The van der Waals surface area contributed by atoms with Gasteiger partial charge in [0.05, 0.1) is 6.04 Å². The average Bonchev–Trinajstić information content (AvgIpc) is 2.53. The first-order valence-corrected chi connectivity index (χ1v) is 7.42. The van der Waals surface area contributed by atoms with E-state index in [1.807, 2.05) is 30.0 Å². The Morgan fingerprint density at radius 3 is 2.60 bits per heavy atom. The van der Waals surface area contributed by atoms with Gasteiger partial charge >= 0.3 is 0 Å². The molecule has 3 heteroatoms. The van der Waals surface area contributed by atoms with E-state index in [0.717, 1.165) is 19.4 Å². The minimum Gasteiger partial charge on any atom is -0.337 e. The third-order valence-corrected chi connectivity index (χ3v) is 4.21. The van der Waals surface area contributed by atoms with Gasteiger partial charge in [0.15, 0.2) is 0 Å². The van der Waals surface area contributed by atoms with Crippen LogP contribution in [0.5, 0.6) is 0 Å². The monoisotopic (exact) mass is 272 g/mol. The van der Waals surface area contributed by atoms with Crippen LogP contribution in [0.15, 0.2) is 36.4 Å². The van der Waals surface area contributed by atoms with Crippen molar-refractivity contribution in [3.63, 3.8) is 0 Å². The minimum absolute atomic E-state index is 0.0858. The summed E-state index contributed by atoms with van der Waals surface area (Å²) in [6.45, 7) is 5.55. The predicted molar refractivity (Wildman–Crippen MR) is 83.0 cm³/mol. The lowest BCUT2D eigenvalue weighted by Crippen LogP contribution is -2.48. The molecule has 1 aromatic carbocycles. The maximum Gasteiger partial charge on any atom is 0.240 e. The zero-order valence-corrected chi connectivity index (χ0v) is 12.4. The molecule has 2 atom stereocenters. The van der Waals surface area contributed by atoms with E-state index in [2.05, 4.69) is 25.1 Å². The van der Waals surface area contributed by atoms with Crippen molar-refractivity contribution in [2.24, 2.45) is 11.7 Å². The van der Waals surface area contributed by atoms with Crippen LogP contribution in [0, 0.1) is 5.92 Å². The highest BCUT2D eigenvalue weighted by Crippen LogP contribution is 2.22. The number of nitrogens with two attached hydrogens (primary N) is 1. The van der Waals surface area contributed by atoms with Gasteiger partial charge < -0.3 is 10.6 Å². The molecule has 0 saturated carbocycles. The van der Waals surface area contributed by atoms with Crippen molar-refractivity contribution >= 4 is 11.5 Å². The Bertz CT molecular complexity index is 481. The van der Waals surface area contributed by atoms with Gasteiger partial charge in [0, 0.05) is 13.1 Å². The summed E-state index contributed by atoms with van der Waals surface area (Å²) in [4.78, 5) is 14.2. The number of carbonyl (C=O) groups excluding carboxylic acids is 1. The van der Waals surface area contributed by atoms with Crippen LogP contribution < -0.4 is 5.73 Å². The van der Waals surface area contributed by atoms with Crippen molar-refractivity contribution in [2.45, 2.75) is 32.7 Å². The highest BCUT2D eigenvalue weighted by molar-refractivity contribution is 5.83. The van der Waals surface area contributed by atoms with E-state index < -0.39 is 0 Å². The van der Waals surface area contributed by atoms with Crippen LogP contribution in [0.3, 0.4) is 0 Å². The molecule has 0 saturated heterocycles. The van der Waals surface area contributed by atoms with Crippen LogP contribution in [0.25, 0.3) is 5.57 Å². The highest BCUT2D eigenvalue weighted by Gasteiger charge is 2.26. The molecule has 1 aliphatic rings. The number of hydrogen-bond acceptors (Lipinski definition) is 2. The molecule has 0 radical (unpaired) electrons. The van der Waals surface area contributed by atoms with Crippen LogP contribution in [0.2, 0.25) is 0 Å². The Kier molecular flexibility index (Phi) is 4.96. The Hall–Kier alpha value is -1.61. The van der Waals surface area contributed by atoms with E-state index in [1.54, 1.807) is 0 Å². The molecule has 20 heavy (non-hydrogen) atoms. The normalized spacial score (nSPS) is 18.4. The molecule has 3 nitrogen and oxygen atoms in total. The lowest BCUT2D eigenvalue weighted by atomic mass is 9.96. The minimum atomic E-state index is -0.369. The fourth-order valence-corrected chi connectivity index (χ4v) is 2.49. The van der Waals surface area contributed by atoms with E-state index in [9.17, 15) is 4.79 Å². The molecule has 2 rings (SSSR count). The Morgan fingerprint density at radius 1 is 1.35 bits per heavy atom. The van der Waals surface area contributed by atoms with Gasteiger partial charge in [-0.3, -0.25) is 4.79 Å². The second-order valence-electron chi connectivity index (χ2n) is 5.54. The summed E-state index contributed by atoms with van der Waals surface area (Å²) in [5.74, 6) is 0.324. The van der Waals surface area contributed by atoms with Crippen molar-refractivity contribution < 1.29 is 4.79 Å². The molecule has 1 amide bonds. The van der Waals surface area contributed by atoms with Gasteiger partial charge in [0.2, 0.25) is 5.91 Å². The number of hydrogen-bond donors (Lipinski definition) is 1. The van der Waals surface area contributed by atoms with Gasteiger partial charge in [-0.15, -0.1) is 0 Å². The summed E-state index contributed by atoms with van der Waals surface area (Å²) in [5.41, 5.74) is 8.62. The quantitative estimate of drug-likeness (QED) is 0.916. The van der Waals surface area contributed by atoms with Gasteiger partial charge in [-0.1, -0.05) is 56.7 Å². The number of carbonyl (C=O) groups is 1. The van der Waals surface area contributed by atoms with Crippen LogP contribution in [-0.4, -0.2) is 29.9 Å². The van der Waals surface area contributed by atoms with Crippen molar-refractivity contribution in [1.82, 2.24) is 4.90 Å². The molecular weight excluding hydrogens is 248 g/mol. The molecule has 108 valence electrons. The van der Waals surface area contributed by atoms with E-state index in [4.69, 9.17) is 5.73 Å². The van der Waals surface area contributed by atoms with Crippen LogP contribution in [-0.2, 0) is 4.79 Å². The molecule has 1 aliphatic heterocycles. The number of benzene rings is 1. The molecule has 0 bridgehead atoms. The summed E-state index contributed by atoms with van der Waals surface area (Å²) in [6.07, 6.45) is 3.99. The molecule has 0 aliphatic carbocycles. The van der Waals surface area contributed by atoms with E-state index in [1.165, 1.54) is 11.1 Å². The van der Waals surface area contributed by atoms with Gasteiger partial charge in [0.1, 0.15) is 0 Å². The second kappa shape index (κ2) is 6.71. The lowest BCUT2D eigenvalue weighted by molar-refractivity contribution is -0.133. The van der Waals surface area contributed by atoms with Crippen LogP contribution in [0.1, 0.15) is 32.3 Å². The molecule has 0 spiro atoms. The summed E-state index contributed by atoms with van der Waals surface area (Å²) >= 11 is 0. The zero-order valence-electron chi connectivity index (χ0n) is 12.4. The Morgan fingerprint density at radius 2 is 2.05 bits per heavy atom. The Labute approximate surface area is 121 Å². The van der Waals surface area contributed by atoms with E-state index in [-0.39, 0.29) is 17.9 Å². The Balaban J connectivity index is 2.00. The fourth-order valence-electron chi connectivity index (χ4n) is 2.49. The van der Waals surface area contributed by atoms with Gasteiger partial charge in [-0.05, 0) is 23.5 Å². The van der Waals surface area contributed by atoms with Crippen LogP contribution in [0.4, 0.5) is 0 Å². The lowest BCUT2D eigenvalue weighted by Gasteiger charge is -2.30. The summed E-state index contributed by atoms with van der Waals surface area (Å²) < 4.78 is 0. The highest BCUT2D eigenvalue weighted by atomic mass is 16.2. The molecular formula is C17H24N2O. The van der Waals surface area contributed by atoms with Crippen LogP contribution >= 0.6 is 0 Å². The van der Waals surface area contributed by atoms with Gasteiger partial charge in [-0.25, -0.2) is 0 Å². The summed E-state index contributed by atoms with van der Waals surface area (Å²) in [5, 5.41) is 0. The van der Waals surface area contributed by atoms with Crippen molar-refractivity contribution in [3.8, 4) is 0 Å².